The summed E-state index contributed by atoms with van der Waals surface area (Å²) in [4.78, 5) is 16.5. The molecule has 2 aromatic heterocycles. The van der Waals surface area contributed by atoms with E-state index < -0.39 is 0 Å². The molecule has 6 aromatic rings. The number of aryl methyl sites for hydroxylation is 2. The Morgan fingerprint density at radius 1 is 0.638 bits per heavy atom. The fourth-order valence-corrected chi connectivity index (χ4v) is 4.42. The van der Waals surface area contributed by atoms with E-state index >= 15 is 0 Å². The van der Waals surface area contributed by atoms with Crippen molar-refractivity contribution >= 4 is 28.8 Å². The standard InChI is InChI=1S/C18H17N5O.C18H14N4O/c1-11-2-4-12(5-3-11)15-16(24)18(22-10-21-15)23-14-8-6-13(7-9-14)17(19)20;1-12-2-6-14(7-3-12)16-17(23)18(21-11-20-16)22-15-8-4-13(10-19)5-9-15/h2-10,24H,1H3,(H3,19,20)(H,21,22,23);2-9,11,23H,1H3,(H,20,21,22). The summed E-state index contributed by atoms with van der Waals surface area (Å²) in [5.41, 5.74) is 12.9. The van der Waals surface area contributed by atoms with Crippen LogP contribution in [0.25, 0.3) is 22.5 Å². The lowest BCUT2D eigenvalue weighted by atomic mass is 10.1. The highest BCUT2D eigenvalue weighted by Crippen LogP contribution is 2.34. The first-order valence-corrected chi connectivity index (χ1v) is 14.4. The lowest BCUT2D eigenvalue weighted by Gasteiger charge is -2.11. The second-order valence-corrected chi connectivity index (χ2v) is 10.5. The largest absolute Gasteiger partial charge is 0.503 e. The van der Waals surface area contributed by atoms with Crippen molar-refractivity contribution in [3.05, 3.63) is 132 Å². The van der Waals surface area contributed by atoms with Gasteiger partial charge in [0.15, 0.2) is 23.1 Å². The molecule has 0 fully saturated rings. The number of nitriles is 1. The molecule has 0 amide bonds. The van der Waals surface area contributed by atoms with E-state index in [1.165, 1.54) is 12.7 Å². The Hall–Kier alpha value is -6.80. The Morgan fingerprint density at radius 2 is 1.04 bits per heavy atom. The molecule has 0 aliphatic carbocycles. The van der Waals surface area contributed by atoms with Gasteiger partial charge in [-0.05, 0) is 62.4 Å². The Morgan fingerprint density at radius 3 is 1.43 bits per heavy atom. The number of nitrogens with two attached hydrogens (primary N) is 1. The van der Waals surface area contributed by atoms with Crippen molar-refractivity contribution in [3.8, 4) is 40.1 Å². The maximum Gasteiger partial charge on any atom is 0.185 e. The van der Waals surface area contributed by atoms with Crippen LogP contribution in [0.15, 0.2) is 110 Å². The Labute approximate surface area is 271 Å². The molecule has 0 atom stereocenters. The Bertz CT molecular complexity index is 2040. The first-order valence-electron chi connectivity index (χ1n) is 14.4. The molecule has 2 heterocycles. The van der Waals surface area contributed by atoms with Gasteiger partial charge in [0.2, 0.25) is 0 Å². The molecule has 47 heavy (non-hydrogen) atoms. The van der Waals surface area contributed by atoms with Gasteiger partial charge < -0.3 is 26.6 Å². The van der Waals surface area contributed by atoms with Crippen molar-refractivity contribution in [2.75, 3.05) is 10.6 Å². The third-order valence-corrected chi connectivity index (χ3v) is 7.03. The molecule has 0 spiro atoms. The number of benzene rings is 4. The van der Waals surface area contributed by atoms with Gasteiger partial charge in [-0.25, -0.2) is 19.9 Å². The molecule has 11 heteroatoms. The number of amidine groups is 1. The predicted octanol–water partition coefficient (Wildman–Crippen LogP) is 6.96. The number of hydrogen-bond acceptors (Lipinski definition) is 10. The number of rotatable bonds is 7. The minimum Gasteiger partial charge on any atom is -0.503 e. The zero-order valence-corrected chi connectivity index (χ0v) is 25.6. The summed E-state index contributed by atoms with van der Waals surface area (Å²) in [5, 5.41) is 43.2. The van der Waals surface area contributed by atoms with Crippen LogP contribution in [-0.2, 0) is 0 Å². The van der Waals surface area contributed by atoms with Gasteiger partial charge in [0.1, 0.15) is 29.9 Å². The van der Waals surface area contributed by atoms with E-state index in [1.54, 1.807) is 48.5 Å². The van der Waals surface area contributed by atoms with Gasteiger partial charge in [-0.3, -0.25) is 5.41 Å². The second kappa shape index (κ2) is 14.3. The van der Waals surface area contributed by atoms with Crippen LogP contribution in [0.3, 0.4) is 0 Å². The van der Waals surface area contributed by atoms with Gasteiger partial charge in [0, 0.05) is 28.1 Å². The molecule has 0 radical (unpaired) electrons. The molecule has 6 rings (SSSR count). The maximum atomic E-state index is 10.5. The monoisotopic (exact) mass is 621 g/mol. The molecule has 0 bridgehead atoms. The Kier molecular flexibility index (Phi) is 9.63. The lowest BCUT2D eigenvalue weighted by Crippen LogP contribution is -2.10. The SMILES string of the molecule is Cc1ccc(-c2ncnc(Nc3ccc(C#N)cc3)c2O)cc1.Cc1ccc(-c2ncnc(Nc3ccc(C(=N)N)cc3)c2O)cc1. The molecular formula is C36H31N9O2. The van der Waals surface area contributed by atoms with Gasteiger partial charge in [0.05, 0.1) is 11.6 Å². The van der Waals surface area contributed by atoms with E-state index in [1.807, 2.05) is 62.4 Å². The molecule has 0 aliphatic rings. The van der Waals surface area contributed by atoms with Gasteiger partial charge >= 0.3 is 0 Å². The lowest BCUT2D eigenvalue weighted by molar-refractivity contribution is 0.474. The number of nitrogen functional groups attached to an aromatic ring is 1. The molecule has 0 aliphatic heterocycles. The summed E-state index contributed by atoms with van der Waals surface area (Å²) >= 11 is 0. The van der Waals surface area contributed by atoms with E-state index in [4.69, 9.17) is 16.4 Å². The first kappa shape index (κ1) is 31.6. The van der Waals surface area contributed by atoms with Gasteiger partial charge in [-0.15, -0.1) is 0 Å². The molecular weight excluding hydrogens is 590 g/mol. The topological polar surface area (TPSA) is 190 Å². The number of aromatic hydroxyl groups is 2. The predicted molar refractivity (Wildman–Crippen MR) is 183 cm³/mol. The van der Waals surface area contributed by atoms with Gasteiger partial charge in [0.25, 0.3) is 0 Å². The zero-order valence-electron chi connectivity index (χ0n) is 25.6. The van der Waals surface area contributed by atoms with Crippen molar-refractivity contribution in [1.29, 1.82) is 10.7 Å². The third kappa shape index (κ3) is 7.84. The Balaban J connectivity index is 0.000000185. The molecule has 4 aromatic carbocycles. The van der Waals surface area contributed by atoms with Crippen molar-refractivity contribution in [2.45, 2.75) is 13.8 Å². The highest BCUT2D eigenvalue weighted by molar-refractivity contribution is 5.95. The minimum absolute atomic E-state index is 0.00749. The fourth-order valence-electron chi connectivity index (χ4n) is 4.42. The summed E-state index contributed by atoms with van der Waals surface area (Å²) in [6.45, 7) is 4.00. The molecule has 0 unspecified atom stereocenters. The van der Waals surface area contributed by atoms with Crippen LogP contribution in [0.2, 0.25) is 0 Å². The van der Waals surface area contributed by atoms with Crippen LogP contribution in [0, 0.1) is 30.6 Å². The second-order valence-electron chi connectivity index (χ2n) is 10.5. The van der Waals surface area contributed by atoms with Crippen LogP contribution in [-0.4, -0.2) is 36.0 Å². The number of hydrogen-bond donors (Lipinski definition) is 6. The number of aromatic nitrogens is 4. The molecule has 11 nitrogen and oxygen atoms in total. The summed E-state index contributed by atoms with van der Waals surface area (Å²) in [5.74, 6) is 0.613. The van der Waals surface area contributed by atoms with Crippen molar-refractivity contribution in [3.63, 3.8) is 0 Å². The van der Waals surface area contributed by atoms with E-state index in [-0.39, 0.29) is 17.3 Å². The van der Waals surface area contributed by atoms with Crippen LogP contribution >= 0.6 is 0 Å². The quantitative estimate of drug-likeness (QED) is 0.0802. The van der Waals surface area contributed by atoms with Crippen molar-refractivity contribution in [2.24, 2.45) is 5.73 Å². The van der Waals surface area contributed by atoms with E-state index in [0.717, 1.165) is 33.6 Å². The first-order chi connectivity index (χ1) is 22.7. The van der Waals surface area contributed by atoms with Crippen LogP contribution in [0.4, 0.5) is 23.0 Å². The molecule has 0 saturated carbocycles. The van der Waals surface area contributed by atoms with E-state index in [2.05, 4.69) is 36.6 Å². The number of nitrogens with one attached hydrogen (secondary N) is 3. The van der Waals surface area contributed by atoms with Crippen LogP contribution < -0.4 is 16.4 Å². The molecule has 0 saturated heterocycles. The average Bonchev–Trinajstić information content (AvgIpc) is 3.08. The number of nitrogens with zero attached hydrogens (tertiary/aromatic N) is 5. The van der Waals surface area contributed by atoms with Crippen LogP contribution in [0.1, 0.15) is 22.3 Å². The molecule has 7 N–H and O–H groups in total. The smallest absolute Gasteiger partial charge is 0.185 e. The molecule has 232 valence electrons. The summed E-state index contributed by atoms with van der Waals surface area (Å²) < 4.78 is 0. The zero-order chi connectivity index (χ0) is 33.3. The highest BCUT2D eigenvalue weighted by Gasteiger charge is 2.14. The number of anilines is 4. The van der Waals surface area contributed by atoms with Crippen molar-refractivity contribution < 1.29 is 10.2 Å². The minimum atomic E-state index is -0.0167. The van der Waals surface area contributed by atoms with Gasteiger partial charge in [-0.2, -0.15) is 5.26 Å². The summed E-state index contributed by atoms with van der Waals surface area (Å²) in [6.07, 6.45) is 2.81. The average molecular weight is 622 g/mol. The van der Waals surface area contributed by atoms with Crippen LogP contribution in [0.5, 0.6) is 11.5 Å². The third-order valence-electron chi connectivity index (χ3n) is 7.03. The highest BCUT2D eigenvalue weighted by atomic mass is 16.3. The van der Waals surface area contributed by atoms with E-state index in [9.17, 15) is 10.2 Å². The summed E-state index contributed by atoms with van der Waals surface area (Å²) in [6, 6.07) is 31.4. The maximum absolute atomic E-state index is 10.5. The van der Waals surface area contributed by atoms with E-state index in [0.29, 0.717) is 34.2 Å². The van der Waals surface area contributed by atoms with Crippen molar-refractivity contribution in [1.82, 2.24) is 19.9 Å². The normalized spacial score (nSPS) is 10.2. The summed E-state index contributed by atoms with van der Waals surface area (Å²) in [7, 11) is 0. The fraction of sp³-hybridized carbons (Fsp3) is 0.0556. The van der Waals surface area contributed by atoms with Gasteiger partial charge in [-0.1, -0.05) is 59.7 Å².